The third-order valence-electron chi connectivity index (χ3n) is 3.02. The summed E-state index contributed by atoms with van der Waals surface area (Å²) in [6.45, 7) is 4.22. The third-order valence-corrected chi connectivity index (χ3v) is 3.02. The van der Waals surface area contributed by atoms with Crippen LogP contribution in [0.1, 0.15) is 49.9 Å². The van der Waals surface area contributed by atoms with Crippen molar-refractivity contribution in [1.29, 1.82) is 0 Å². The zero-order valence-electron chi connectivity index (χ0n) is 11.8. The Labute approximate surface area is 114 Å². The fourth-order valence-electron chi connectivity index (χ4n) is 2.13. The molecule has 0 unspecified atom stereocenters. The largest absolute Gasteiger partial charge is 0.465 e. The molecule has 0 amide bonds. The Kier molecular flexibility index (Phi) is 6.33. The van der Waals surface area contributed by atoms with E-state index in [9.17, 15) is 9.18 Å². The van der Waals surface area contributed by atoms with Crippen LogP contribution in [0.15, 0.2) is 18.2 Å². The normalized spacial score (nSPS) is 10.6. The summed E-state index contributed by atoms with van der Waals surface area (Å²) >= 11 is 0. The van der Waals surface area contributed by atoms with Crippen LogP contribution in [0.25, 0.3) is 0 Å². The molecular formula is C15H22FNO2. The summed E-state index contributed by atoms with van der Waals surface area (Å²) in [4.78, 5) is 11.7. The Morgan fingerprint density at radius 2 is 1.95 bits per heavy atom. The van der Waals surface area contributed by atoms with Crippen molar-refractivity contribution in [2.45, 2.75) is 45.6 Å². The molecule has 0 radical (unpaired) electrons. The number of nitrogens with one attached hydrogen (secondary N) is 1. The van der Waals surface area contributed by atoms with Gasteiger partial charge in [0.1, 0.15) is 5.82 Å². The third kappa shape index (κ3) is 4.54. The van der Waals surface area contributed by atoms with E-state index in [1.807, 2.05) is 0 Å². The molecule has 0 aromatic heterocycles. The molecule has 0 saturated carbocycles. The van der Waals surface area contributed by atoms with Crippen LogP contribution < -0.4 is 5.32 Å². The fourth-order valence-corrected chi connectivity index (χ4v) is 2.13. The molecule has 1 N–H and O–H groups in total. The maximum absolute atomic E-state index is 13.3. The van der Waals surface area contributed by atoms with Crippen molar-refractivity contribution < 1.29 is 13.9 Å². The predicted octanol–water partition coefficient (Wildman–Crippen LogP) is 3.99. The Bertz CT molecular complexity index is 415. The number of hydrogen-bond acceptors (Lipinski definition) is 3. The topological polar surface area (TPSA) is 38.3 Å². The van der Waals surface area contributed by atoms with Crippen LogP contribution in [0.4, 0.5) is 10.1 Å². The second kappa shape index (κ2) is 7.77. The molecule has 1 aromatic rings. The first kappa shape index (κ1) is 15.5. The molecule has 0 heterocycles. The van der Waals surface area contributed by atoms with Crippen LogP contribution in [0.5, 0.6) is 0 Å². The van der Waals surface area contributed by atoms with Crippen molar-refractivity contribution >= 4 is 11.7 Å². The molecule has 106 valence electrons. The number of carbonyl (C=O) groups excluding carboxylic acids is 1. The second-order valence-corrected chi connectivity index (χ2v) is 4.60. The predicted molar refractivity (Wildman–Crippen MR) is 75.0 cm³/mol. The Morgan fingerprint density at radius 3 is 2.47 bits per heavy atom. The van der Waals surface area contributed by atoms with Crippen LogP contribution in [0.3, 0.4) is 0 Å². The average molecular weight is 267 g/mol. The fraction of sp³-hybridized carbons (Fsp3) is 0.533. The van der Waals surface area contributed by atoms with E-state index >= 15 is 0 Å². The van der Waals surface area contributed by atoms with Gasteiger partial charge >= 0.3 is 5.97 Å². The first-order valence-corrected chi connectivity index (χ1v) is 6.76. The van der Waals surface area contributed by atoms with Gasteiger partial charge in [-0.05, 0) is 31.0 Å². The molecule has 0 bridgehead atoms. The highest BCUT2D eigenvalue weighted by molar-refractivity contribution is 5.95. The zero-order chi connectivity index (χ0) is 14.3. The van der Waals surface area contributed by atoms with Gasteiger partial charge in [0, 0.05) is 6.04 Å². The first-order valence-electron chi connectivity index (χ1n) is 6.76. The average Bonchev–Trinajstić information content (AvgIpc) is 2.38. The van der Waals surface area contributed by atoms with Gasteiger partial charge in [-0.3, -0.25) is 0 Å². The minimum atomic E-state index is -0.450. The molecule has 1 rings (SSSR count). The van der Waals surface area contributed by atoms with Crippen LogP contribution in [0.2, 0.25) is 0 Å². The molecule has 0 fully saturated rings. The molecule has 0 spiro atoms. The summed E-state index contributed by atoms with van der Waals surface area (Å²) in [5, 5.41) is 3.26. The van der Waals surface area contributed by atoms with Gasteiger partial charge < -0.3 is 10.1 Å². The maximum Gasteiger partial charge on any atom is 0.339 e. The van der Waals surface area contributed by atoms with Crippen molar-refractivity contribution in [3.8, 4) is 0 Å². The molecule has 19 heavy (non-hydrogen) atoms. The quantitative estimate of drug-likeness (QED) is 0.759. The lowest BCUT2D eigenvalue weighted by Crippen LogP contribution is -2.21. The van der Waals surface area contributed by atoms with E-state index < -0.39 is 5.97 Å². The van der Waals surface area contributed by atoms with Gasteiger partial charge in [-0.2, -0.15) is 0 Å². The Balaban J connectivity index is 2.96. The number of ether oxygens (including phenoxy) is 1. The van der Waals surface area contributed by atoms with Crippen LogP contribution in [-0.2, 0) is 4.74 Å². The monoisotopic (exact) mass is 267 g/mol. The summed E-state index contributed by atoms with van der Waals surface area (Å²) in [6.07, 6.45) is 4.07. The number of esters is 1. The van der Waals surface area contributed by atoms with Gasteiger partial charge in [0.05, 0.1) is 18.4 Å². The highest BCUT2D eigenvalue weighted by Gasteiger charge is 2.15. The van der Waals surface area contributed by atoms with E-state index in [-0.39, 0.29) is 11.9 Å². The number of benzene rings is 1. The highest BCUT2D eigenvalue weighted by Crippen LogP contribution is 2.21. The van der Waals surface area contributed by atoms with E-state index in [2.05, 4.69) is 19.2 Å². The van der Waals surface area contributed by atoms with E-state index in [1.165, 1.54) is 25.3 Å². The SMILES string of the molecule is CCCC(CCC)Nc1cc(F)ccc1C(=O)OC. The van der Waals surface area contributed by atoms with Crippen molar-refractivity contribution in [3.63, 3.8) is 0 Å². The zero-order valence-corrected chi connectivity index (χ0v) is 11.8. The van der Waals surface area contributed by atoms with Crippen LogP contribution in [0, 0.1) is 5.82 Å². The van der Waals surface area contributed by atoms with E-state index in [0.29, 0.717) is 11.3 Å². The van der Waals surface area contributed by atoms with Gasteiger partial charge in [-0.25, -0.2) is 9.18 Å². The minimum Gasteiger partial charge on any atom is -0.465 e. The molecule has 3 nitrogen and oxygen atoms in total. The molecular weight excluding hydrogens is 245 g/mol. The summed E-state index contributed by atoms with van der Waals surface area (Å²) in [6, 6.07) is 4.33. The number of methoxy groups -OCH3 is 1. The van der Waals surface area contributed by atoms with Crippen LogP contribution in [-0.4, -0.2) is 19.1 Å². The van der Waals surface area contributed by atoms with Gasteiger partial charge in [0.25, 0.3) is 0 Å². The molecule has 1 aromatic carbocycles. The van der Waals surface area contributed by atoms with Gasteiger partial charge in [0.15, 0.2) is 0 Å². The lowest BCUT2D eigenvalue weighted by atomic mass is 10.0. The van der Waals surface area contributed by atoms with Crippen molar-refractivity contribution in [2.24, 2.45) is 0 Å². The van der Waals surface area contributed by atoms with Gasteiger partial charge in [-0.15, -0.1) is 0 Å². The van der Waals surface area contributed by atoms with E-state index in [4.69, 9.17) is 4.74 Å². The molecule has 0 atom stereocenters. The van der Waals surface area contributed by atoms with Crippen LogP contribution >= 0.6 is 0 Å². The van der Waals surface area contributed by atoms with Crippen molar-refractivity contribution in [3.05, 3.63) is 29.6 Å². The smallest absolute Gasteiger partial charge is 0.339 e. The summed E-state index contributed by atoms with van der Waals surface area (Å²) in [7, 11) is 1.32. The maximum atomic E-state index is 13.3. The molecule has 0 saturated heterocycles. The number of hydrogen-bond donors (Lipinski definition) is 1. The minimum absolute atomic E-state index is 0.250. The number of carbonyl (C=O) groups is 1. The number of halogens is 1. The van der Waals surface area contributed by atoms with Gasteiger partial charge in [-0.1, -0.05) is 26.7 Å². The Morgan fingerprint density at radius 1 is 1.32 bits per heavy atom. The highest BCUT2D eigenvalue weighted by atomic mass is 19.1. The number of rotatable bonds is 7. The second-order valence-electron chi connectivity index (χ2n) is 4.60. The Hall–Kier alpha value is -1.58. The van der Waals surface area contributed by atoms with Crippen molar-refractivity contribution in [2.75, 3.05) is 12.4 Å². The molecule has 0 aliphatic carbocycles. The molecule has 4 heteroatoms. The standard InChI is InChI=1S/C15H22FNO2/c1-4-6-12(7-5-2)17-14-10-11(16)8-9-13(14)15(18)19-3/h8-10,12,17H,4-7H2,1-3H3. The van der Waals surface area contributed by atoms with Gasteiger partial charge in [0.2, 0.25) is 0 Å². The lowest BCUT2D eigenvalue weighted by Gasteiger charge is -2.20. The van der Waals surface area contributed by atoms with E-state index in [0.717, 1.165) is 25.7 Å². The van der Waals surface area contributed by atoms with E-state index in [1.54, 1.807) is 0 Å². The molecule has 0 aliphatic heterocycles. The first-order chi connectivity index (χ1) is 9.12. The summed E-state index contributed by atoms with van der Waals surface area (Å²) in [5.74, 6) is -0.809. The summed E-state index contributed by atoms with van der Waals surface area (Å²) < 4.78 is 18.1. The lowest BCUT2D eigenvalue weighted by molar-refractivity contribution is 0.0601. The summed E-state index contributed by atoms with van der Waals surface area (Å²) in [5.41, 5.74) is 0.889. The number of anilines is 1. The molecule has 0 aliphatic rings. The van der Waals surface area contributed by atoms with Crippen molar-refractivity contribution in [1.82, 2.24) is 0 Å².